The van der Waals surface area contributed by atoms with Crippen molar-refractivity contribution < 1.29 is 17.6 Å². The van der Waals surface area contributed by atoms with Crippen LogP contribution in [0.4, 0.5) is 11.4 Å². The number of fused-ring (bicyclic) bond motifs is 3. The number of carbonyl (C=O) groups is 1. The van der Waals surface area contributed by atoms with Crippen LogP contribution in [0, 0.1) is 6.92 Å². The fraction of sp³-hybridized carbons (Fsp3) is 0.0385. The van der Waals surface area contributed by atoms with Gasteiger partial charge in [0.1, 0.15) is 16.1 Å². The Labute approximate surface area is 201 Å². The molecule has 1 heterocycles. The summed E-state index contributed by atoms with van der Waals surface area (Å²) in [5.41, 5.74) is 3.38. The third-order valence-electron chi connectivity index (χ3n) is 5.39. The van der Waals surface area contributed by atoms with Gasteiger partial charge in [-0.05, 0) is 61.0 Å². The first-order chi connectivity index (χ1) is 16.3. The molecule has 0 aliphatic rings. The molecule has 0 atom stereocenters. The fourth-order valence-corrected chi connectivity index (χ4v) is 5.35. The Hall–Kier alpha value is -3.81. The molecule has 2 N–H and O–H groups in total. The van der Waals surface area contributed by atoms with E-state index in [1.807, 2.05) is 43.3 Å². The van der Waals surface area contributed by atoms with E-state index in [1.54, 1.807) is 30.3 Å². The molecule has 1 aromatic heterocycles. The predicted molar refractivity (Wildman–Crippen MR) is 135 cm³/mol. The lowest BCUT2D eigenvalue weighted by atomic mass is 10.1. The van der Waals surface area contributed by atoms with Crippen LogP contribution in [-0.2, 0) is 10.0 Å². The van der Waals surface area contributed by atoms with Gasteiger partial charge in [0.15, 0.2) is 0 Å². The number of furan rings is 1. The second-order valence-electron chi connectivity index (χ2n) is 7.88. The number of nitrogens with one attached hydrogen (secondary N) is 2. The van der Waals surface area contributed by atoms with Crippen LogP contribution in [0.1, 0.15) is 15.9 Å². The Morgan fingerprint density at radius 3 is 2.44 bits per heavy atom. The van der Waals surface area contributed by atoms with Crippen LogP contribution >= 0.6 is 11.6 Å². The highest BCUT2D eigenvalue weighted by Crippen LogP contribution is 2.31. The van der Waals surface area contributed by atoms with Crippen molar-refractivity contribution in [2.45, 2.75) is 11.8 Å². The summed E-state index contributed by atoms with van der Waals surface area (Å²) in [5, 5.41) is 4.74. The van der Waals surface area contributed by atoms with Crippen molar-refractivity contribution in [3.05, 3.63) is 101 Å². The van der Waals surface area contributed by atoms with E-state index < -0.39 is 15.9 Å². The molecule has 6 nitrogen and oxygen atoms in total. The van der Waals surface area contributed by atoms with Gasteiger partial charge in [0, 0.05) is 33.8 Å². The number of sulfonamides is 1. The zero-order chi connectivity index (χ0) is 23.9. The highest BCUT2D eigenvalue weighted by Gasteiger charge is 2.21. The van der Waals surface area contributed by atoms with Crippen molar-refractivity contribution in [1.82, 2.24) is 0 Å². The Morgan fingerprint density at radius 2 is 1.62 bits per heavy atom. The van der Waals surface area contributed by atoms with Gasteiger partial charge in [0.25, 0.3) is 15.9 Å². The van der Waals surface area contributed by atoms with Crippen LogP contribution in [-0.4, -0.2) is 14.3 Å². The first-order valence-electron chi connectivity index (χ1n) is 10.4. The van der Waals surface area contributed by atoms with E-state index in [4.69, 9.17) is 16.0 Å². The molecule has 0 radical (unpaired) electrons. The van der Waals surface area contributed by atoms with E-state index in [9.17, 15) is 13.2 Å². The van der Waals surface area contributed by atoms with Gasteiger partial charge >= 0.3 is 0 Å². The molecular formula is C26H19ClN2O4S. The van der Waals surface area contributed by atoms with Crippen molar-refractivity contribution in [2.24, 2.45) is 0 Å². The molecule has 0 saturated heterocycles. The number of hydrogen-bond acceptors (Lipinski definition) is 4. The lowest BCUT2D eigenvalue weighted by Gasteiger charge is -2.12. The highest BCUT2D eigenvalue weighted by atomic mass is 35.5. The maximum atomic E-state index is 13.0. The smallest absolute Gasteiger partial charge is 0.263 e. The van der Waals surface area contributed by atoms with Gasteiger partial charge in [-0.2, -0.15) is 0 Å². The molecule has 0 saturated carbocycles. The number of amides is 1. The standard InChI is InChI=1S/C26H19ClN2O4S/c1-16-5-4-6-19(13-16)29-34(31,32)25-14-17(9-12-22(25)27)26(30)28-18-10-11-21-20-7-2-3-8-23(20)33-24(21)15-18/h2-15,29H,1H3,(H,28,30). The number of anilines is 2. The van der Waals surface area contributed by atoms with Crippen LogP contribution < -0.4 is 10.0 Å². The first kappa shape index (κ1) is 22.0. The van der Waals surface area contributed by atoms with Crippen LogP contribution in [0.2, 0.25) is 5.02 Å². The summed E-state index contributed by atoms with van der Waals surface area (Å²) in [7, 11) is -4.01. The van der Waals surface area contributed by atoms with Crippen molar-refractivity contribution in [2.75, 3.05) is 10.0 Å². The fourth-order valence-electron chi connectivity index (χ4n) is 3.78. The third kappa shape index (κ3) is 4.23. The Balaban J connectivity index is 1.42. The second-order valence-corrected chi connectivity index (χ2v) is 9.94. The monoisotopic (exact) mass is 490 g/mol. The minimum atomic E-state index is -4.01. The number of rotatable bonds is 5. The molecule has 0 aliphatic heterocycles. The maximum Gasteiger partial charge on any atom is 0.263 e. The van der Waals surface area contributed by atoms with Crippen LogP contribution in [0.3, 0.4) is 0 Å². The molecule has 1 amide bonds. The number of carbonyl (C=O) groups excluding carboxylic acids is 1. The summed E-state index contributed by atoms with van der Waals surface area (Å²) in [6.45, 7) is 1.86. The van der Waals surface area contributed by atoms with Crippen LogP contribution in [0.15, 0.2) is 94.2 Å². The van der Waals surface area contributed by atoms with Crippen molar-refractivity contribution in [1.29, 1.82) is 0 Å². The van der Waals surface area contributed by atoms with E-state index in [-0.39, 0.29) is 15.5 Å². The van der Waals surface area contributed by atoms with E-state index in [0.29, 0.717) is 17.0 Å². The van der Waals surface area contributed by atoms with Crippen LogP contribution in [0.5, 0.6) is 0 Å². The average molecular weight is 491 g/mol. The number of halogens is 1. The normalized spacial score (nSPS) is 11.6. The number of benzene rings is 4. The molecule has 4 aromatic carbocycles. The Morgan fingerprint density at radius 1 is 0.824 bits per heavy atom. The van der Waals surface area contributed by atoms with Gasteiger partial charge in [-0.1, -0.05) is 41.9 Å². The maximum absolute atomic E-state index is 13.0. The molecular weight excluding hydrogens is 472 g/mol. The third-order valence-corrected chi connectivity index (χ3v) is 7.25. The van der Waals surface area contributed by atoms with Gasteiger partial charge in [-0.25, -0.2) is 8.42 Å². The number of aryl methyl sites for hydroxylation is 1. The molecule has 0 aliphatic carbocycles. The predicted octanol–water partition coefficient (Wildman–Crippen LogP) is 6.60. The molecule has 0 fully saturated rings. The quantitative estimate of drug-likeness (QED) is 0.290. The van der Waals surface area contributed by atoms with Crippen molar-refractivity contribution in [3.63, 3.8) is 0 Å². The summed E-state index contributed by atoms with van der Waals surface area (Å²) in [6.07, 6.45) is 0. The van der Waals surface area contributed by atoms with Gasteiger partial charge in [0.05, 0.1) is 5.02 Å². The summed E-state index contributed by atoms with van der Waals surface area (Å²) < 4.78 is 34.3. The molecule has 34 heavy (non-hydrogen) atoms. The average Bonchev–Trinajstić information content (AvgIpc) is 3.16. The number of hydrogen-bond donors (Lipinski definition) is 2. The molecule has 8 heteroatoms. The van der Waals surface area contributed by atoms with E-state index >= 15 is 0 Å². The molecule has 170 valence electrons. The van der Waals surface area contributed by atoms with Crippen molar-refractivity contribution >= 4 is 60.8 Å². The minimum absolute atomic E-state index is 0.0143. The molecule has 5 rings (SSSR count). The van der Waals surface area contributed by atoms with Gasteiger partial charge in [-0.3, -0.25) is 9.52 Å². The van der Waals surface area contributed by atoms with E-state index in [1.165, 1.54) is 18.2 Å². The SMILES string of the molecule is Cc1cccc(NS(=O)(=O)c2cc(C(=O)Nc3ccc4c(c3)oc3ccccc34)ccc2Cl)c1. The van der Waals surface area contributed by atoms with E-state index in [0.717, 1.165) is 21.9 Å². The van der Waals surface area contributed by atoms with Gasteiger partial charge in [-0.15, -0.1) is 0 Å². The highest BCUT2D eigenvalue weighted by molar-refractivity contribution is 7.92. The first-order valence-corrected chi connectivity index (χ1v) is 12.3. The Bertz CT molecular complexity index is 1680. The summed E-state index contributed by atoms with van der Waals surface area (Å²) in [6, 6.07) is 24.2. The molecule has 0 unspecified atom stereocenters. The van der Waals surface area contributed by atoms with Crippen LogP contribution in [0.25, 0.3) is 21.9 Å². The van der Waals surface area contributed by atoms with Gasteiger partial charge < -0.3 is 9.73 Å². The van der Waals surface area contributed by atoms with Crippen molar-refractivity contribution in [3.8, 4) is 0 Å². The molecule has 0 spiro atoms. The Kier molecular flexibility index (Phi) is 5.51. The topological polar surface area (TPSA) is 88.4 Å². The summed E-state index contributed by atoms with van der Waals surface area (Å²) in [5.74, 6) is -0.473. The largest absolute Gasteiger partial charge is 0.456 e. The lowest BCUT2D eigenvalue weighted by molar-refractivity contribution is 0.102. The minimum Gasteiger partial charge on any atom is -0.456 e. The lowest BCUT2D eigenvalue weighted by Crippen LogP contribution is -2.16. The summed E-state index contributed by atoms with van der Waals surface area (Å²) in [4.78, 5) is 12.7. The van der Waals surface area contributed by atoms with E-state index in [2.05, 4.69) is 10.0 Å². The molecule has 0 bridgehead atoms. The zero-order valence-electron chi connectivity index (χ0n) is 18.0. The van der Waals surface area contributed by atoms with Gasteiger partial charge in [0.2, 0.25) is 0 Å². The summed E-state index contributed by atoms with van der Waals surface area (Å²) >= 11 is 6.18. The molecule has 5 aromatic rings. The number of para-hydroxylation sites is 1. The zero-order valence-corrected chi connectivity index (χ0v) is 19.6. The second kappa shape index (κ2) is 8.52.